The summed E-state index contributed by atoms with van der Waals surface area (Å²) in [7, 11) is 0. The second-order valence-electron chi connectivity index (χ2n) is 8.25. The number of anilines is 1. The van der Waals surface area contributed by atoms with Crippen molar-refractivity contribution in [2.75, 3.05) is 11.9 Å². The van der Waals surface area contributed by atoms with Crippen LogP contribution in [0, 0.1) is 0 Å². The van der Waals surface area contributed by atoms with Crippen LogP contribution in [-0.4, -0.2) is 34.4 Å². The molecule has 0 saturated carbocycles. The molecule has 2 N–H and O–H groups in total. The van der Waals surface area contributed by atoms with E-state index in [0.29, 0.717) is 11.9 Å². The number of nitrogens with one attached hydrogen (secondary N) is 1. The first-order chi connectivity index (χ1) is 15.6. The highest BCUT2D eigenvalue weighted by Crippen LogP contribution is 2.44. The van der Waals surface area contributed by atoms with E-state index in [2.05, 4.69) is 29.6 Å². The summed E-state index contributed by atoms with van der Waals surface area (Å²) in [5, 5.41) is 13.2. The Morgan fingerprint density at radius 2 is 1.66 bits per heavy atom. The Kier molecular flexibility index (Phi) is 4.08. The lowest BCUT2D eigenvalue weighted by molar-refractivity contribution is -0.137. The molecule has 6 nitrogen and oxygen atoms in total. The third kappa shape index (κ3) is 2.73. The number of aromatic nitrogens is 1. The van der Waals surface area contributed by atoms with Gasteiger partial charge in [0.1, 0.15) is 12.6 Å². The van der Waals surface area contributed by atoms with E-state index in [1.165, 1.54) is 26.8 Å². The minimum absolute atomic E-state index is 0.00190. The first kappa shape index (κ1) is 18.7. The minimum Gasteiger partial charge on any atom is -0.480 e. The number of hydrogen-bond acceptors (Lipinski definition) is 4. The van der Waals surface area contributed by atoms with Crippen LogP contribution in [0.3, 0.4) is 0 Å². The lowest BCUT2D eigenvalue weighted by atomic mass is 9.98. The largest absolute Gasteiger partial charge is 0.480 e. The van der Waals surface area contributed by atoms with Crippen molar-refractivity contribution in [2.45, 2.75) is 18.4 Å². The summed E-state index contributed by atoms with van der Waals surface area (Å²) < 4.78 is 7.28. The van der Waals surface area contributed by atoms with Gasteiger partial charge in [-0.25, -0.2) is 9.59 Å². The van der Waals surface area contributed by atoms with Crippen LogP contribution in [-0.2, 0) is 16.0 Å². The average molecular weight is 424 g/mol. The van der Waals surface area contributed by atoms with Gasteiger partial charge in [-0.15, -0.1) is 0 Å². The molecule has 158 valence electrons. The molecule has 6 heteroatoms. The molecule has 6 rings (SSSR count). The molecule has 0 amide bonds. The van der Waals surface area contributed by atoms with Crippen LogP contribution < -0.4 is 5.32 Å². The van der Waals surface area contributed by atoms with Crippen LogP contribution >= 0.6 is 0 Å². The maximum absolute atomic E-state index is 13.0. The van der Waals surface area contributed by atoms with Crippen molar-refractivity contribution in [1.29, 1.82) is 0 Å². The molecular weight excluding hydrogens is 404 g/mol. The molecule has 0 fully saturated rings. The molecule has 32 heavy (non-hydrogen) atoms. The molecule has 1 aromatic heterocycles. The minimum atomic E-state index is -0.884. The zero-order chi connectivity index (χ0) is 21.8. The van der Waals surface area contributed by atoms with Gasteiger partial charge < -0.3 is 15.2 Å². The Hall–Kier alpha value is -4.06. The van der Waals surface area contributed by atoms with Crippen molar-refractivity contribution in [3.63, 3.8) is 0 Å². The molecule has 4 aromatic rings. The molecule has 1 unspecified atom stereocenters. The topological polar surface area (TPSA) is 80.6 Å². The molecule has 3 aromatic carbocycles. The van der Waals surface area contributed by atoms with Gasteiger partial charge in [-0.05, 0) is 46.0 Å². The molecule has 2 heterocycles. The van der Waals surface area contributed by atoms with Crippen LogP contribution in [0.4, 0.5) is 10.5 Å². The van der Waals surface area contributed by atoms with E-state index in [0.717, 1.165) is 16.6 Å². The first-order valence-electron chi connectivity index (χ1n) is 10.6. The summed E-state index contributed by atoms with van der Waals surface area (Å²) in [6, 6.07) is 21.3. The number of carbonyl (C=O) groups excluding carboxylic acids is 1. The number of nitrogens with zero attached hydrogens (tertiary/aromatic N) is 1. The number of ether oxygens (including phenoxy) is 1. The molecule has 0 spiro atoms. The van der Waals surface area contributed by atoms with E-state index >= 15 is 0 Å². The van der Waals surface area contributed by atoms with Gasteiger partial charge >= 0.3 is 12.1 Å². The summed E-state index contributed by atoms with van der Waals surface area (Å²) >= 11 is 0. The van der Waals surface area contributed by atoms with E-state index in [1.54, 1.807) is 6.20 Å². The monoisotopic (exact) mass is 424 g/mol. The summed E-state index contributed by atoms with van der Waals surface area (Å²) in [6.45, 7) is 0.250. The summed E-state index contributed by atoms with van der Waals surface area (Å²) in [5.74, 6) is -0.886. The second-order valence-corrected chi connectivity index (χ2v) is 8.25. The standard InChI is InChI=1S/C26H20N2O4/c29-25(30)23-13-20-19-11-12-28(24(19)10-9-22(20)27-23)26(31)32-14-21-17-7-3-1-5-15(17)16-6-2-4-8-18(16)21/h1-12,21,23,27H,13-14H2,(H,29,30). The predicted octanol–water partition coefficient (Wildman–Crippen LogP) is 4.86. The van der Waals surface area contributed by atoms with Gasteiger partial charge in [-0.1, -0.05) is 48.5 Å². The van der Waals surface area contributed by atoms with Gasteiger partial charge in [0.05, 0.1) is 5.52 Å². The number of aliphatic carboxylic acids is 1. The molecule has 0 bridgehead atoms. The Morgan fingerprint density at radius 1 is 0.969 bits per heavy atom. The molecular formula is C26H20N2O4. The van der Waals surface area contributed by atoms with Crippen LogP contribution in [0.5, 0.6) is 0 Å². The van der Waals surface area contributed by atoms with Crippen molar-refractivity contribution in [3.8, 4) is 11.1 Å². The third-order valence-corrected chi connectivity index (χ3v) is 6.55. The Morgan fingerprint density at radius 3 is 2.34 bits per heavy atom. The fourth-order valence-electron chi connectivity index (χ4n) is 5.05. The van der Waals surface area contributed by atoms with Crippen LogP contribution in [0.25, 0.3) is 22.0 Å². The maximum atomic E-state index is 13.0. The summed E-state index contributed by atoms with van der Waals surface area (Å²) in [5.41, 5.74) is 7.15. The van der Waals surface area contributed by atoms with Gasteiger partial charge in [-0.2, -0.15) is 0 Å². The lowest BCUT2D eigenvalue weighted by Gasteiger charge is -2.14. The third-order valence-electron chi connectivity index (χ3n) is 6.55. The van der Waals surface area contributed by atoms with E-state index in [9.17, 15) is 14.7 Å². The van der Waals surface area contributed by atoms with Gasteiger partial charge in [0.25, 0.3) is 0 Å². The number of fused-ring (bicyclic) bond motifs is 6. The van der Waals surface area contributed by atoms with Gasteiger partial charge in [0.15, 0.2) is 0 Å². The molecule has 0 radical (unpaired) electrons. The summed E-state index contributed by atoms with van der Waals surface area (Å²) in [4.78, 5) is 24.4. The average Bonchev–Trinajstić information content (AvgIpc) is 3.51. The first-order valence-corrected chi connectivity index (χ1v) is 10.6. The fraction of sp³-hybridized carbons (Fsp3) is 0.154. The number of carboxylic acids is 1. The highest BCUT2D eigenvalue weighted by Gasteiger charge is 2.30. The van der Waals surface area contributed by atoms with Crippen molar-refractivity contribution in [2.24, 2.45) is 0 Å². The molecule has 2 aliphatic rings. The quantitative estimate of drug-likeness (QED) is 0.491. The van der Waals surface area contributed by atoms with Crippen LogP contribution in [0.1, 0.15) is 22.6 Å². The number of carbonyl (C=O) groups is 2. The lowest BCUT2D eigenvalue weighted by Crippen LogP contribution is -2.26. The highest BCUT2D eigenvalue weighted by atomic mass is 16.5. The normalized spacial score (nSPS) is 16.3. The van der Waals surface area contributed by atoms with Crippen molar-refractivity contribution < 1.29 is 19.4 Å². The van der Waals surface area contributed by atoms with Crippen LogP contribution in [0.2, 0.25) is 0 Å². The van der Waals surface area contributed by atoms with Crippen molar-refractivity contribution >= 4 is 28.7 Å². The van der Waals surface area contributed by atoms with E-state index in [4.69, 9.17) is 4.74 Å². The maximum Gasteiger partial charge on any atom is 0.418 e. The van der Waals surface area contributed by atoms with Gasteiger partial charge in [0.2, 0.25) is 0 Å². The van der Waals surface area contributed by atoms with Crippen LogP contribution in [0.15, 0.2) is 72.9 Å². The molecule has 1 atom stereocenters. The van der Waals surface area contributed by atoms with Crippen molar-refractivity contribution in [3.05, 3.63) is 89.6 Å². The number of benzene rings is 3. The Balaban J connectivity index is 1.27. The van der Waals surface area contributed by atoms with E-state index < -0.39 is 18.1 Å². The summed E-state index contributed by atoms with van der Waals surface area (Å²) in [6.07, 6.45) is 1.64. The number of rotatable bonds is 3. The molecule has 0 saturated heterocycles. The SMILES string of the molecule is O=C(O)C1Cc2c(ccc3c2ccn3C(=O)OCC2c3ccccc3-c3ccccc32)N1. The zero-order valence-electron chi connectivity index (χ0n) is 17.1. The highest BCUT2D eigenvalue weighted by molar-refractivity contribution is 5.97. The smallest absolute Gasteiger partial charge is 0.418 e. The molecule has 1 aliphatic heterocycles. The van der Waals surface area contributed by atoms with Crippen molar-refractivity contribution in [1.82, 2.24) is 4.57 Å². The predicted molar refractivity (Wildman–Crippen MR) is 121 cm³/mol. The number of carboxylic acid groups (broad SMARTS) is 1. The fourth-order valence-corrected chi connectivity index (χ4v) is 5.05. The van der Waals surface area contributed by atoms with E-state index in [1.807, 2.05) is 42.5 Å². The van der Waals surface area contributed by atoms with E-state index in [-0.39, 0.29) is 12.5 Å². The zero-order valence-corrected chi connectivity index (χ0v) is 17.1. The van der Waals surface area contributed by atoms with Gasteiger partial charge in [0, 0.05) is 29.6 Å². The Bertz CT molecular complexity index is 1360. The second kappa shape index (κ2) is 6.99. The number of hydrogen-bond donors (Lipinski definition) is 2. The Labute approximate surface area is 184 Å². The molecule has 1 aliphatic carbocycles. The van der Waals surface area contributed by atoms with Gasteiger partial charge in [-0.3, -0.25) is 4.57 Å².